The van der Waals surface area contributed by atoms with Crippen LogP contribution in [0.15, 0.2) is 30.5 Å². The largest absolute Gasteiger partial charge is 0.493 e. The van der Waals surface area contributed by atoms with Crippen LogP contribution in [0, 0.1) is 12.7 Å². The summed E-state index contributed by atoms with van der Waals surface area (Å²) in [5.74, 6) is 0.875. The number of aromatic nitrogens is 1. The van der Waals surface area contributed by atoms with Gasteiger partial charge in [0.2, 0.25) is 0 Å². The highest BCUT2D eigenvalue weighted by molar-refractivity contribution is 5.42. The zero-order valence-electron chi connectivity index (χ0n) is 11.6. The summed E-state index contributed by atoms with van der Waals surface area (Å²) in [5, 5.41) is 0. The Labute approximate surface area is 117 Å². The Morgan fingerprint density at radius 1 is 1.10 bits per heavy atom. The number of aryl methyl sites for hydroxylation is 1. The molecule has 0 aliphatic carbocycles. The number of nitrogens with zero attached hydrogens (tertiary/aromatic N) is 1. The van der Waals surface area contributed by atoms with Crippen LogP contribution in [-0.4, -0.2) is 19.2 Å². The van der Waals surface area contributed by atoms with Crippen LogP contribution in [0.4, 0.5) is 4.39 Å². The Kier molecular flexibility index (Phi) is 4.40. The monoisotopic (exact) mass is 277 g/mol. The van der Waals surface area contributed by atoms with Crippen molar-refractivity contribution < 1.29 is 18.6 Å². The van der Waals surface area contributed by atoms with Crippen LogP contribution >= 0.6 is 0 Å². The maximum Gasteiger partial charge on any atom is 0.185 e. The van der Waals surface area contributed by atoms with Crippen molar-refractivity contribution in [1.82, 2.24) is 4.98 Å². The lowest BCUT2D eigenvalue weighted by Crippen LogP contribution is -2.04. The number of pyridine rings is 1. The Morgan fingerprint density at radius 3 is 2.60 bits per heavy atom. The predicted octanol–water partition coefficient (Wildman–Crippen LogP) is 3.13. The number of benzene rings is 1. The Bertz CT molecular complexity index is 602. The summed E-state index contributed by atoms with van der Waals surface area (Å²) in [5.41, 5.74) is 1.08. The maximum absolute atomic E-state index is 13.8. The van der Waals surface area contributed by atoms with Crippen LogP contribution in [0.25, 0.3) is 0 Å². The molecule has 0 saturated heterocycles. The summed E-state index contributed by atoms with van der Waals surface area (Å²) in [4.78, 5) is 4.17. The minimum atomic E-state index is -0.366. The number of ether oxygens (including phenoxy) is 3. The molecule has 0 N–H and O–H groups in total. The van der Waals surface area contributed by atoms with E-state index >= 15 is 0 Å². The standard InChI is InChI=1S/C15H16FNO3/c1-10-5-4-6-12(14(10)16)20-9-11-15(19-3)13(18-2)7-8-17-11/h4-8H,9H2,1-3H3. The molecule has 106 valence electrons. The van der Waals surface area contributed by atoms with Gasteiger partial charge in [-0.15, -0.1) is 0 Å². The first kappa shape index (κ1) is 14.1. The van der Waals surface area contributed by atoms with Crippen LogP contribution in [0.2, 0.25) is 0 Å². The molecule has 4 nitrogen and oxygen atoms in total. The van der Waals surface area contributed by atoms with Crippen LogP contribution < -0.4 is 14.2 Å². The third-order valence-corrected chi connectivity index (χ3v) is 2.89. The quantitative estimate of drug-likeness (QED) is 0.842. The molecule has 1 heterocycles. The van der Waals surface area contributed by atoms with Gasteiger partial charge in [0.25, 0.3) is 0 Å². The zero-order valence-corrected chi connectivity index (χ0v) is 11.6. The van der Waals surface area contributed by atoms with Crippen molar-refractivity contribution in [3.63, 3.8) is 0 Å². The molecule has 1 aromatic heterocycles. The van der Waals surface area contributed by atoms with Crippen molar-refractivity contribution in [2.45, 2.75) is 13.5 Å². The molecule has 2 aromatic rings. The Balaban J connectivity index is 2.21. The van der Waals surface area contributed by atoms with E-state index in [4.69, 9.17) is 14.2 Å². The van der Waals surface area contributed by atoms with Crippen molar-refractivity contribution in [3.8, 4) is 17.2 Å². The van der Waals surface area contributed by atoms with Gasteiger partial charge >= 0.3 is 0 Å². The molecule has 0 atom stereocenters. The van der Waals surface area contributed by atoms with E-state index in [-0.39, 0.29) is 18.2 Å². The molecule has 2 rings (SSSR count). The number of methoxy groups -OCH3 is 2. The van der Waals surface area contributed by atoms with Gasteiger partial charge < -0.3 is 14.2 Å². The van der Waals surface area contributed by atoms with Crippen LogP contribution in [-0.2, 0) is 6.61 Å². The van der Waals surface area contributed by atoms with E-state index in [1.165, 1.54) is 7.11 Å². The summed E-state index contributed by atoms with van der Waals surface area (Å²) >= 11 is 0. The highest BCUT2D eigenvalue weighted by Crippen LogP contribution is 2.30. The molecule has 0 spiro atoms. The number of halogens is 1. The lowest BCUT2D eigenvalue weighted by atomic mass is 10.2. The summed E-state index contributed by atoms with van der Waals surface area (Å²) in [6.45, 7) is 1.79. The van der Waals surface area contributed by atoms with Gasteiger partial charge in [-0.25, -0.2) is 4.39 Å². The summed E-state index contributed by atoms with van der Waals surface area (Å²) < 4.78 is 29.7. The van der Waals surface area contributed by atoms with Gasteiger partial charge in [-0.1, -0.05) is 12.1 Å². The van der Waals surface area contributed by atoms with Gasteiger partial charge in [0.1, 0.15) is 12.3 Å². The molecule has 0 bridgehead atoms. The summed E-state index contributed by atoms with van der Waals surface area (Å²) in [6.07, 6.45) is 1.59. The van der Waals surface area contributed by atoms with E-state index in [9.17, 15) is 4.39 Å². The van der Waals surface area contributed by atoms with Crippen molar-refractivity contribution in [1.29, 1.82) is 0 Å². The van der Waals surface area contributed by atoms with Gasteiger partial charge in [-0.2, -0.15) is 0 Å². The molecular formula is C15H16FNO3. The second-order valence-electron chi connectivity index (χ2n) is 4.17. The minimum absolute atomic E-state index is 0.0980. The van der Waals surface area contributed by atoms with Crippen molar-refractivity contribution in [2.24, 2.45) is 0 Å². The van der Waals surface area contributed by atoms with Gasteiger partial charge in [0.15, 0.2) is 23.1 Å². The summed E-state index contributed by atoms with van der Waals surface area (Å²) in [7, 11) is 3.07. The van der Waals surface area contributed by atoms with Crippen LogP contribution in [0.3, 0.4) is 0 Å². The van der Waals surface area contributed by atoms with Gasteiger partial charge in [-0.3, -0.25) is 4.98 Å². The normalized spacial score (nSPS) is 10.2. The number of hydrogen-bond acceptors (Lipinski definition) is 4. The first-order valence-electron chi connectivity index (χ1n) is 6.11. The molecule has 0 saturated carbocycles. The van der Waals surface area contributed by atoms with E-state index in [2.05, 4.69) is 4.98 Å². The molecule has 0 radical (unpaired) electrons. The fourth-order valence-corrected chi connectivity index (χ4v) is 1.83. The zero-order chi connectivity index (χ0) is 14.5. The Morgan fingerprint density at radius 2 is 1.90 bits per heavy atom. The van der Waals surface area contributed by atoms with Gasteiger partial charge in [0, 0.05) is 12.3 Å². The van der Waals surface area contributed by atoms with Crippen LogP contribution in [0.1, 0.15) is 11.3 Å². The van der Waals surface area contributed by atoms with Crippen molar-refractivity contribution >= 4 is 0 Å². The minimum Gasteiger partial charge on any atom is -0.493 e. The topological polar surface area (TPSA) is 40.6 Å². The molecule has 0 fully saturated rings. The van der Waals surface area contributed by atoms with E-state index in [0.29, 0.717) is 22.8 Å². The number of rotatable bonds is 5. The summed E-state index contributed by atoms with van der Waals surface area (Å²) in [6, 6.07) is 6.70. The predicted molar refractivity (Wildman–Crippen MR) is 72.8 cm³/mol. The third kappa shape index (κ3) is 2.82. The smallest absolute Gasteiger partial charge is 0.185 e. The molecule has 0 aliphatic rings. The SMILES string of the molecule is COc1ccnc(COc2cccc(C)c2F)c1OC. The first-order chi connectivity index (χ1) is 9.67. The van der Waals surface area contributed by atoms with Crippen molar-refractivity contribution in [2.75, 3.05) is 14.2 Å². The molecular weight excluding hydrogens is 261 g/mol. The molecule has 0 aliphatic heterocycles. The van der Waals surface area contributed by atoms with Crippen molar-refractivity contribution in [3.05, 3.63) is 47.5 Å². The van der Waals surface area contributed by atoms with E-state index < -0.39 is 0 Å². The maximum atomic E-state index is 13.8. The third-order valence-electron chi connectivity index (χ3n) is 2.89. The van der Waals surface area contributed by atoms with E-state index in [0.717, 1.165) is 0 Å². The first-order valence-corrected chi connectivity index (χ1v) is 6.11. The van der Waals surface area contributed by atoms with Gasteiger partial charge in [0.05, 0.1) is 14.2 Å². The lowest BCUT2D eigenvalue weighted by Gasteiger charge is -2.13. The average molecular weight is 277 g/mol. The number of hydrogen-bond donors (Lipinski definition) is 0. The molecule has 1 aromatic carbocycles. The second-order valence-corrected chi connectivity index (χ2v) is 4.17. The molecule has 0 amide bonds. The van der Waals surface area contributed by atoms with E-state index in [1.807, 2.05) is 0 Å². The van der Waals surface area contributed by atoms with Gasteiger partial charge in [-0.05, 0) is 18.6 Å². The fourth-order valence-electron chi connectivity index (χ4n) is 1.83. The highest BCUT2D eigenvalue weighted by atomic mass is 19.1. The lowest BCUT2D eigenvalue weighted by molar-refractivity contribution is 0.272. The molecule has 5 heteroatoms. The fraction of sp³-hybridized carbons (Fsp3) is 0.267. The van der Waals surface area contributed by atoms with Crippen LogP contribution in [0.5, 0.6) is 17.2 Å². The Hall–Kier alpha value is -2.30. The molecule has 20 heavy (non-hydrogen) atoms. The van der Waals surface area contributed by atoms with E-state index in [1.54, 1.807) is 44.5 Å². The highest BCUT2D eigenvalue weighted by Gasteiger charge is 2.13. The molecule has 0 unspecified atom stereocenters. The average Bonchev–Trinajstić information content (AvgIpc) is 2.48. The second kappa shape index (κ2) is 6.23.